The first-order valence-corrected chi connectivity index (χ1v) is 25.8. The molecule has 0 aliphatic carbocycles. The van der Waals surface area contributed by atoms with Crippen molar-refractivity contribution in [3.8, 4) is 21.7 Å². The number of nitrogens with one attached hydrogen (secondary N) is 4. The number of nitrogens with zero attached hydrogens (tertiary/aromatic N) is 6. The molecule has 22 heteroatoms. The monoisotopic (exact) mass is 1050 g/mol. The smallest absolute Gasteiger partial charge is 0.278 e. The summed E-state index contributed by atoms with van der Waals surface area (Å²) >= 11 is 1.56. The molecule has 5 heterocycles. The first-order chi connectivity index (χ1) is 35.9. The van der Waals surface area contributed by atoms with E-state index in [9.17, 15) is 33.9 Å². The number of amides is 6. The Morgan fingerprint density at radius 2 is 1.63 bits per heavy atom. The van der Waals surface area contributed by atoms with Gasteiger partial charge in [-0.15, -0.1) is 11.3 Å². The number of primary amides is 1. The molecule has 2 aliphatic rings. The summed E-state index contributed by atoms with van der Waals surface area (Å²) in [5, 5.41) is 22.0. The first-order valence-electron chi connectivity index (χ1n) is 24.9. The second-order valence-electron chi connectivity index (χ2n) is 19.6. The third-order valence-corrected chi connectivity index (χ3v) is 14.0. The van der Waals surface area contributed by atoms with Crippen LogP contribution in [0.15, 0.2) is 78.7 Å². The maximum absolute atomic E-state index is 14.0. The summed E-state index contributed by atoms with van der Waals surface area (Å²) in [5.74, 6) is -3.37. The Labute approximate surface area is 439 Å². The summed E-state index contributed by atoms with van der Waals surface area (Å²) in [6.07, 6.45) is 4.32. The van der Waals surface area contributed by atoms with Crippen molar-refractivity contribution in [3.63, 3.8) is 0 Å². The van der Waals surface area contributed by atoms with Gasteiger partial charge in [0.15, 0.2) is 11.5 Å². The second kappa shape index (κ2) is 25.7. The van der Waals surface area contributed by atoms with Gasteiger partial charge in [-0.05, 0) is 47.9 Å². The molecule has 5 aromatic rings. The molecule has 0 spiro atoms. The van der Waals surface area contributed by atoms with Gasteiger partial charge in [-0.25, -0.2) is 15.0 Å². The fraction of sp³-hybridized carbons (Fsp3) is 0.434. The maximum atomic E-state index is 14.0. The van der Waals surface area contributed by atoms with Gasteiger partial charge in [-0.2, -0.15) is 0 Å². The van der Waals surface area contributed by atoms with Crippen molar-refractivity contribution in [2.45, 2.75) is 84.5 Å². The van der Waals surface area contributed by atoms with Gasteiger partial charge in [0.1, 0.15) is 12.1 Å². The Hall–Kier alpha value is -7.40. The largest absolute Gasteiger partial charge is 0.391 e. The number of aliphatic hydroxyl groups excluding tert-OH is 1. The standard InChI is InChI=1S/C53H66N12O9S/c1-32-46(75-31-60-32)36-11-7-34(8-12-36)27-59-50(70)42-26-38(66)30-65(42)52(72)47(53(2,3)4)63-44(68)16-21-73-22-18-57-43(67)14-13-37(49(55)69)25-33-5-9-35(10-6-33)39-29-58-48(54)45(61-39)51(71)62-40-28-56-17-15-41(40)64-19-23-74-24-20-64/h5-12,15,17,28-29,31,37-38,42,47,66H,13-14,16,18-27,30H2,1-4H3,(H2,54,58)(H2,55,69)(H,57,67)(H,59,70)(H,62,71)(H,63,68)/t37?,38-,42+,47?/m1/s1. The number of nitrogens with two attached hydrogens (primary N) is 2. The first kappa shape index (κ1) is 55.4. The van der Waals surface area contributed by atoms with E-state index in [-0.39, 0.29) is 82.4 Å². The van der Waals surface area contributed by atoms with E-state index in [2.05, 4.69) is 46.1 Å². The van der Waals surface area contributed by atoms with E-state index >= 15 is 0 Å². The van der Waals surface area contributed by atoms with Gasteiger partial charge < -0.3 is 57.1 Å². The van der Waals surface area contributed by atoms with Crippen LogP contribution in [-0.2, 0) is 46.4 Å². The summed E-state index contributed by atoms with van der Waals surface area (Å²) in [6, 6.07) is 14.9. The number of carbonyl (C=O) groups is 6. The van der Waals surface area contributed by atoms with E-state index in [1.54, 1.807) is 41.4 Å². The summed E-state index contributed by atoms with van der Waals surface area (Å²) in [4.78, 5) is 101. The zero-order valence-corrected chi connectivity index (χ0v) is 43.5. The molecule has 6 amide bonds. The predicted molar refractivity (Wildman–Crippen MR) is 283 cm³/mol. The Morgan fingerprint density at radius 1 is 0.907 bits per heavy atom. The molecule has 0 saturated carbocycles. The highest BCUT2D eigenvalue weighted by molar-refractivity contribution is 7.13. The molecular weight excluding hydrogens is 981 g/mol. The van der Waals surface area contributed by atoms with Crippen molar-refractivity contribution in [3.05, 3.63) is 101 Å². The molecule has 7 rings (SSSR count). The van der Waals surface area contributed by atoms with E-state index in [4.69, 9.17) is 20.9 Å². The summed E-state index contributed by atoms with van der Waals surface area (Å²) in [7, 11) is 0. The van der Waals surface area contributed by atoms with Crippen LogP contribution in [0, 0.1) is 18.3 Å². The number of aromatic nitrogens is 4. The number of carbonyl (C=O) groups excluding carboxylic acids is 6. The molecule has 2 unspecified atom stereocenters. The Kier molecular flexibility index (Phi) is 19.0. The molecule has 0 bridgehead atoms. The molecular formula is C53H66N12O9S. The topological polar surface area (TPSA) is 299 Å². The zero-order valence-electron chi connectivity index (χ0n) is 42.7. The van der Waals surface area contributed by atoms with E-state index in [0.717, 1.165) is 32.9 Å². The number of aliphatic hydroxyl groups is 1. The van der Waals surface area contributed by atoms with E-state index in [1.165, 1.54) is 11.1 Å². The van der Waals surface area contributed by atoms with Crippen LogP contribution in [0.2, 0.25) is 0 Å². The number of nitrogen functional groups attached to an aromatic ring is 1. The maximum Gasteiger partial charge on any atom is 0.278 e. The number of ether oxygens (including phenoxy) is 2. The molecule has 9 N–H and O–H groups in total. The van der Waals surface area contributed by atoms with E-state index < -0.39 is 59.1 Å². The normalized spacial score (nSPS) is 16.4. The number of benzene rings is 2. The lowest BCUT2D eigenvalue weighted by Gasteiger charge is -2.35. The van der Waals surface area contributed by atoms with Crippen LogP contribution >= 0.6 is 11.3 Å². The van der Waals surface area contributed by atoms with Crippen LogP contribution in [0.3, 0.4) is 0 Å². The van der Waals surface area contributed by atoms with Gasteiger partial charge in [0, 0.05) is 69.7 Å². The molecule has 21 nitrogen and oxygen atoms in total. The van der Waals surface area contributed by atoms with Gasteiger partial charge in [-0.1, -0.05) is 69.3 Å². The van der Waals surface area contributed by atoms with Crippen LogP contribution in [0.25, 0.3) is 21.7 Å². The Bertz CT molecular complexity index is 2800. The number of thiazole rings is 1. The lowest BCUT2D eigenvalue weighted by atomic mass is 9.85. The van der Waals surface area contributed by atoms with Crippen molar-refractivity contribution in [2.24, 2.45) is 17.1 Å². The van der Waals surface area contributed by atoms with E-state index in [1.807, 2.05) is 70.2 Å². The Morgan fingerprint density at radius 3 is 2.32 bits per heavy atom. The summed E-state index contributed by atoms with van der Waals surface area (Å²) < 4.78 is 11.1. The molecule has 2 aliphatic heterocycles. The van der Waals surface area contributed by atoms with Crippen LogP contribution < -0.4 is 37.6 Å². The lowest BCUT2D eigenvalue weighted by Crippen LogP contribution is -2.57. The van der Waals surface area contributed by atoms with Crippen LogP contribution in [0.1, 0.15) is 73.8 Å². The highest BCUT2D eigenvalue weighted by atomic mass is 32.1. The SMILES string of the molecule is Cc1ncsc1-c1ccc(CNC(=O)[C@@H]2C[C@@H](O)CN2C(=O)C(NC(=O)CCOCCNC(=O)CCC(Cc2ccc(-c3cnc(N)c(C(=O)Nc4cnccc4N4CCOCC4)n3)cc2)C(N)=O)C(C)(C)C)cc1. The number of likely N-dealkylation sites (tertiary alicyclic amines) is 1. The second-order valence-corrected chi connectivity index (χ2v) is 20.5. The van der Waals surface area contributed by atoms with Crippen molar-refractivity contribution in [1.82, 2.24) is 40.8 Å². The van der Waals surface area contributed by atoms with Crippen LogP contribution in [-0.4, -0.2) is 136 Å². The molecule has 0 radical (unpaired) electrons. The number of anilines is 3. The number of hydrogen-bond donors (Lipinski definition) is 7. The minimum absolute atomic E-state index is 0.0115. The van der Waals surface area contributed by atoms with Gasteiger partial charge in [0.2, 0.25) is 29.5 Å². The number of morpholine rings is 1. The third kappa shape index (κ3) is 15.1. The summed E-state index contributed by atoms with van der Waals surface area (Å²) in [6.45, 7) is 10.3. The molecule has 2 fully saturated rings. The number of β-amino-alcohol motifs (C(OH)–C–C–N with tert-alkyl or cyclic N) is 1. The van der Waals surface area contributed by atoms with Crippen molar-refractivity contribution in [2.75, 3.05) is 68.6 Å². The third-order valence-electron chi connectivity index (χ3n) is 13.0. The Balaban J connectivity index is 0.814. The van der Waals surface area contributed by atoms with Gasteiger partial charge in [0.05, 0.1) is 78.1 Å². The number of hydrogen-bond acceptors (Lipinski definition) is 16. The minimum Gasteiger partial charge on any atom is -0.391 e. The van der Waals surface area contributed by atoms with Gasteiger partial charge in [0.25, 0.3) is 5.91 Å². The number of aryl methyl sites for hydroxylation is 1. The lowest BCUT2D eigenvalue weighted by molar-refractivity contribution is -0.144. The minimum atomic E-state index is -0.995. The quantitative estimate of drug-likeness (QED) is 0.0489. The fourth-order valence-corrected chi connectivity index (χ4v) is 9.64. The molecule has 75 heavy (non-hydrogen) atoms. The predicted octanol–water partition coefficient (Wildman–Crippen LogP) is 3.40. The average molecular weight is 1050 g/mol. The molecule has 398 valence electrons. The van der Waals surface area contributed by atoms with Crippen molar-refractivity contribution < 1.29 is 43.3 Å². The number of rotatable bonds is 22. The fourth-order valence-electron chi connectivity index (χ4n) is 8.83. The van der Waals surface area contributed by atoms with Crippen LogP contribution in [0.4, 0.5) is 17.2 Å². The summed E-state index contributed by atoms with van der Waals surface area (Å²) in [5.41, 5.74) is 18.9. The molecule has 3 aromatic heterocycles. The van der Waals surface area contributed by atoms with Crippen molar-refractivity contribution >= 4 is 64.0 Å². The molecule has 2 saturated heterocycles. The average Bonchev–Trinajstić information content (AvgIpc) is 4.02. The highest BCUT2D eigenvalue weighted by Crippen LogP contribution is 2.30. The van der Waals surface area contributed by atoms with Crippen LogP contribution in [0.5, 0.6) is 0 Å². The highest BCUT2D eigenvalue weighted by Gasteiger charge is 2.44. The number of pyridine rings is 1. The van der Waals surface area contributed by atoms with E-state index in [0.29, 0.717) is 43.2 Å². The van der Waals surface area contributed by atoms with Crippen molar-refractivity contribution in [1.29, 1.82) is 0 Å². The van der Waals surface area contributed by atoms with Gasteiger partial charge >= 0.3 is 0 Å². The molecule has 4 atom stereocenters. The molecule has 2 aromatic carbocycles. The zero-order chi connectivity index (χ0) is 53.6. The van der Waals surface area contributed by atoms with Gasteiger partial charge in [-0.3, -0.25) is 33.8 Å².